The van der Waals surface area contributed by atoms with Gasteiger partial charge in [0.1, 0.15) is 6.54 Å². The van der Waals surface area contributed by atoms with Crippen molar-refractivity contribution in [3.8, 4) is 17.3 Å². The van der Waals surface area contributed by atoms with Gasteiger partial charge in [0.15, 0.2) is 0 Å². The number of pyridine rings is 1. The minimum Gasteiger partial charge on any atom is -0.265 e. The molecule has 0 aromatic carbocycles. The minimum absolute atomic E-state index is 0.269. The maximum atomic E-state index is 8.63. The van der Waals surface area contributed by atoms with E-state index in [-0.39, 0.29) is 6.54 Å². The summed E-state index contributed by atoms with van der Waals surface area (Å²) in [4.78, 5) is 3.97. The summed E-state index contributed by atoms with van der Waals surface area (Å²) in [5.41, 5.74) is 2.98. The molecule has 0 N–H and O–H groups in total. The molecule has 0 aliphatic rings. The van der Waals surface area contributed by atoms with Crippen LogP contribution in [0.25, 0.3) is 11.3 Å². The molecule has 0 unspecified atom stereocenters. The van der Waals surface area contributed by atoms with Gasteiger partial charge in [-0.3, -0.25) is 9.67 Å². The molecule has 0 spiro atoms. The number of rotatable bonds is 3. The molecule has 0 saturated carbocycles. The Hall–Kier alpha value is -1.67. The predicted octanol–water partition coefficient (Wildman–Crippen LogP) is 2.36. The second-order valence-corrected chi connectivity index (χ2v) is 3.79. The van der Waals surface area contributed by atoms with E-state index in [1.54, 1.807) is 17.1 Å². The van der Waals surface area contributed by atoms with Crippen LogP contribution in [0.2, 0.25) is 0 Å². The first-order chi connectivity index (χ1) is 7.85. The summed E-state index contributed by atoms with van der Waals surface area (Å²) >= 11 is 3.42. The molecule has 0 bridgehead atoms. The Labute approximate surface area is 102 Å². The fourth-order valence-electron chi connectivity index (χ4n) is 1.47. The fourth-order valence-corrected chi connectivity index (χ4v) is 1.88. The van der Waals surface area contributed by atoms with E-state index in [0.717, 1.165) is 22.2 Å². The highest BCUT2D eigenvalue weighted by Gasteiger charge is 2.09. The molecular formula is C11H9BrN4. The molecule has 16 heavy (non-hydrogen) atoms. The van der Waals surface area contributed by atoms with Gasteiger partial charge in [0.25, 0.3) is 0 Å². The van der Waals surface area contributed by atoms with Crippen molar-refractivity contribution in [1.82, 2.24) is 14.8 Å². The van der Waals surface area contributed by atoms with Crippen molar-refractivity contribution in [2.24, 2.45) is 0 Å². The van der Waals surface area contributed by atoms with Crippen LogP contribution in [0, 0.1) is 11.3 Å². The summed E-state index contributed by atoms with van der Waals surface area (Å²) < 4.78 is 1.65. The lowest BCUT2D eigenvalue weighted by Crippen LogP contribution is -1.95. The maximum absolute atomic E-state index is 8.63. The van der Waals surface area contributed by atoms with Crippen molar-refractivity contribution in [2.75, 3.05) is 0 Å². The number of halogens is 1. The van der Waals surface area contributed by atoms with Crippen molar-refractivity contribution >= 4 is 15.9 Å². The Bertz CT molecular complexity index is 513. The largest absolute Gasteiger partial charge is 0.265 e. The summed E-state index contributed by atoms with van der Waals surface area (Å²) in [6, 6.07) is 5.89. The zero-order valence-corrected chi connectivity index (χ0v) is 10.1. The molecule has 0 aliphatic heterocycles. The third-order valence-electron chi connectivity index (χ3n) is 2.17. The average molecular weight is 277 g/mol. The van der Waals surface area contributed by atoms with Gasteiger partial charge in [0.05, 0.1) is 11.8 Å². The second-order valence-electron chi connectivity index (χ2n) is 3.23. The number of nitriles is 1. The molecule has 5 heteroatoms. The van der Waals surface area contributed by atoms with Gasteiger partial charge in [-0.2, -0.15) is 10.4 Å². The molecule has 0 aliphatic carbocycles. The van der Waals surface area contributed by atoms with E-state index >= 15 is 0 Å². The van der Waals surface area contributed by atoms with Crippen molar-refractivity contribution in [3.63, 3.8) is 0 Å². The molecule has 0 saturated heterocycles. The number of alkyl halides is 1. The lowest BCUT2D eigenvalue weighted by molar-refractivity contribution is 0.712. The Morgan fingerprint density at radius 3 is 2.75 bits per heavy atom. The third kappa shape index (κ3) is 2.12. The van der Waals surface area contributed by atoms with Gasteiger partial charge in [0.2, 0.25) is 0 Å². The highest BCUT2D eigenvalue weighted by Crippen LogP contribution is 2.23. The molecule has 0 atom stereocenters. The van der Waals surface area contributed by atoms with Gasteiger partial charge in [-0.25, -0.2) is 0 Å². The van der Waals surface area contributed by atoms with Crippen LogP contribution in [0.3, 0.4) is 0 Å². The van der Waals surface area contributed by atoms with E-state index in [1.165, 1.54) is 0 Å². The highest BCUT2D eigenvalue weighted by atomic mass is 79.9. The van der Waals surface area contributed by atoms with E-state index in [2.05, 4.69) is 32.1 Å². The number of aromatic nitrogens is 3. The molecule has 0 radical (unpaired) electrons. The first-order valence-electron chi connectivity index (χ1n) is 4.75. The van der Waals surface area contributed by atoms with Gasteiger partial charge >= 0.3 is 0 Å². The van der Waals surface area contributed by atoms with Crippen LogP contribution in [-0.4, -0.2) is 14.8 Å². The van der Waals surface area contributed by atoms with Crippen LogP contribution in [0.15, 0.2) is 30.7 Å². The number of hydrogen-bond acceptors (Lipinski definition) is 3. The molecular weight excluding hydrogens is 268 g/mol. The van der Waals surface area contributed by atoms with E-state index in [4.69, 9.17) is 5.26 Å². The topological polar surface area (TPSA) is 54.5 Å². The highest BCUT2D eigenvalue weighted by molar-refractivity contribution is 9.08. The van der Waals surface area contributed by atoms with Crippen LogP contribution >= 0.6 is 15.9 Å². The lowest BCUT2D eigenvalue weighted by Gasteiger charge is -1.97. The maximum Gasteiger partial charge on any atom is 0.128 e. The van der Waals surface area contributed by atoms with Crippen LogP contribution in [0.1, 0.15) is 5.56 Å². The Morgan fingerprint density at radius 2 is 2.12 bits per heavy atom. The minimum atomic E-state index is 0.269. The van der Waals surface area contributed by atoms with Crippen molar-refractivity contribution in [3.05, 3.63) is 36.3 Å². The van der Waals surface area contributed by atoms with Gasteiger partial charge < -0.3 is 0 Å². The smallest absolute Gasteiger partial charge is 0.128 e. The quantitative estimate of drug-likeness (QED) is 0.809. The normalized spacial score (nSPS) is 10.0. The summed E-state index contributed by atoms with van der Waals surface area (Å²) in [7, 11) is 0. The van der Waals surface area contributed by atoms with Gasteiger partial charge in [0, 0.05) is 35.0 Å². The fraction of sp³-hybridized carbons (Fsp3) is 0.182. The first-order valence-corrected chi connectivity index (χ1v) is 5.87. The SMILES string of the molecule is N#CCn1cc(CBr)c(-c2ccncc2)n1. The Kier molecular flexibility index (Phi) is 3.32. The van der Waals surface area contributed by atoms with E-state index in [9.17, 15) is 0 Å². The predicted molar refractivity (Wildman–Crippen MR) is 63.7 cm³/mol. The van der Waals surface area contributed by atoms with Crippen molar-refractivity contribution < 1.29 is 0 Å². The lowest BCUT2D eigenvalue weighted by atomic mass is 10.1. The van der Waals surface area contributed by atoms with Crippen LogP contribution in [-0.2, 0) is 11.9 Å². The van der Waals surface area contributed by atoms with Crippen molar-refractivity contribution in [2.45, 2.75) is 11.9 Å². The monoisotopic (exact) mass is 276 g/mol. The molecule has 4 nitrogen and oxygen atoms in total. The number of hydrogen-bond donors (Lipinski definition) is 0. The summed E-state index contributed by atoms with van der Waals surface area (Å²) in [5.74, 6) is 0. The summed E-state index contributed by atoms with van der Waals surface area (Å²) in [6.45, 7) is 0.269. The zero-order valence-electron chi connectivity index (χ0n) is 8.47. The molecule has 2 heterocycles. The summed E-state index contributed by atoms with van der Waals surface area (Å²) in [5, 5.41) is 13.7. The molecule has 2 aromatic rings. The third-order valence-corrected chi connectivity index (χ3v) is 2.77. The van der Waals surface area contributed by atoms with E-state index in [0.29, 0.717) is 0 Å². The van der Waals surface area contributed by atoms with Crippen LogP contribution in [0.4, 0.5) is 0 Å². The molecule has 2 rings (SSSR count). The Balaban J connectivity index is 2.44. The van der Waals surface area contributed by atoms with E-state index < -0.39 is 0 Å². The first kappa shape index (κ1) is 10.8. The standard InChI is InChI=1S/C11H9BrN4/c12-7-10-8-16(6-3-13)15-11(10)9-1-4-14-5-2-9/h1-2,4-5,8H,6-7H2. The number of nitrogens with zero attached hydrogens (tertiary/aromatic N) is 4. The van der Waals surface area contributed by atoms with Gasteiger partial charge in [-0.15, -0.1) is 0 Å². The van der Waals surface area contributed by atoms with Crippen LogP contribution < -0.4 is 0 Å². The second kappa shape index (κ2) is 4.90. The Morgan fingerprint density at radius 1 is 1.38 bits per heavy atom. The molecule has 2 aromatic heterocycles. The zero-order chi connectivity index (χ0) is 11.4. The van der Waals surface area contributed by atoms with E-state index in [1.807, 2.05) is 18.3 Å². The average Bonchev–Trinajstić information content (AvgIpc) is 2.74. The van der Waals surface area contributed by atoms with Gasteiger partial charge in [-0.1, -0.05) is 15.9 Å². The molecule has 0 fully saturated rings. The summed E-state index contributed by atoms with van der Waals surface area (Å²) in [6.07, 6.45) is 5.35. The molecule has 0 amide bonds. The van der Waals surface area contributed by atoms with Gasteiger partial charge in [-0.05, 0) is 12.1 Å². The molecule has 80 valence electrons. The van der Waals surface area contributed by atoms with Crippen LogP contribution in [0.5, 0.6) is 0 Å². The van der Waals surface area contributed by atoms with Crippen molar-refractivity contribution in [1.29, 1.82) is 5.26 Å².